The van der Waals surface area contributed by atoms with Gasteiger partial charge in [-0.2, -0.15) is 0 Å². The molecule has 3 aliphatic heterocycles. The van der Waals surface area contributed by atoms with Crippen LogP contribution in [0.25, 0.3) is 0 Å². The maximum absolute atomic E-state index is 14.3. The normalized spacial score (nSPS) is 29.5. The van der Waals surface area contributed by atoms with E-state index in [2.05, 4.69) is 0 Å². The van der Waals surface area contributed by atoms with Gasteiger partial charge in [0.1, 0.15) is 17.5 Å². The third kappa shape index (κ3) is 7.39. The van der Waals surface area contributed by atoms with Crippen LogP contribution >= 0.6 is 0 Å². The Morgan fingerprint density at radius 3 is 2.60 bits per heavy atom. The number of hydrogen-bond donors (Lipinski definition) is 1. The molecule has 1 aromatic carbocycles. The van der Waals surface area contributed by atoms with Crippen molar-refractivity contribution in [2.45, 2.75) is 109 Å². The zero-order valence-corrected chi connectivity index (χ0v) is 26.3. The Bertz CT molecular complexity index is 1390. The number of carboxylic acid groups (broad SMARTS) is 1. The number of carbonyl (C=O) groups excluding carboxylic acids is 4. The smallest absolute Gasteiger partial charge is 0.410 e. The van der Waals surface area contributed by atoms with Crippen LogP contribution in [0.1, 0.15) is 89.7 Å². The van der Waals surface area contributed by atoms with E-state index >= 15 is 0 Å². The Balaban J connectivity index is 1.37. The molecule has 10 nitrogen and oxygen atoms in total. The molecule has 2 amide bonds. The van der Waals surface area contributed by atoms with Gasteiger partial charge in [-0.1, -0.05) is 37.1 Å². The number of carboxylic acids is 1. The lowest BCUT2D eigenvalue weighted by Gasteiger charge is -2.29. The van der Waals surface area contributed by atoms with Crippen LogP contribution in [0.5, 0.6) is 0 Å². The van der Waals surface area contributed by atoms with Crippen molar-refractivity contribution in [3.63, 3.8) is 0 Å². The molecule has 11 heteroatoms. The zero-order chi connectivity index (χ0) is 32.5. The first kappa shape index (κ1) is 32.6. The van der Waals surface area contributed by atoms with Crippen molar-refractivity contribution in [3.05, 3.63) is 47.3 Å². The molecule has 244 valence electrons. The highest BCUT2D eigenvalue weighted by Crippen LogP contribution is 2.57. The van der Waals surface area contributed by atoms with E-state index in [9.17, 15) is 33.5 Å². The largest absolute Gasteiger partial charge is 0.481 e. The molecule has 3 heterocycles. The van der Waals surface area contributed by atoms with Crippen molar-refractivity contribution in [1.82, 2.24) is 9.80 Å². The Kier molecular flexibility index (Phi) is 9.37. The fourth-order valence-electron chi connectivity index (χ4n) is 6.92. The predicted octanol–water partition coefficient (Wildman–Crippen LogP) is 5.17. The highest BCUT2D eigenvalue weighted by Gasteiger charge is 2.61. The summed E-state index contributed by atoms with van der Waals surface area (Å²) >= 11 is 0. The molecule has 0 bridgehead atoms. The molecule has 4 aliphatic rings. The summed E-state index contributed by atoms with van der Waals surface area (Å²) in [6.07, 6.45) is 5.85. The van der Waals surface area contributed by atoms with E-state index in [-0.39, 0.29) is 44.8 Å². The van der Waals surface area contributed by atoms with Crippen LogP contribution in [0.3, 0.4) is 0 Å². The van der Waals surface area contributed by atoms with Gasteiger partial charge in [-0.15, -0.1) is 0 Å². The molecule has 0 spiro atoms. The number of ether oxygens (including phenoxy) is 2. The molecule has 0 aromatic heterocycles. The number of Topliss-reactive ketones (excluding diaryl/α,β-unsaturated/α-hetero) is 1. The molecule has 1 saturated carbocycles. The van der Waals surface area contributed by atoms with E-state index in [1.165, 1.54) is 15.9 Å². The summed E-state index contributed by atoms with van der Waals surface area (Å²) in [5, 5.41) is 10.1. The monoisotopic (exact) mass is 626 g/mol. The highest BCUT2D eigenvalue weighted by molar-refractivity contribution is 5.95. The number of allylic oxidation sites excluding steroid dienone is 2. The Hall–Kier alpha value is -3.76. The summed E-state index contributed by atoms with van der Waals surface area (Å²) in [4.78, 5) is 69.1. The predicted molar refractivity (Wildman–Crippen MR) is 160 cm³/mol. The average Bonchev–Trinajstić information content (AvgIpc) is 3.27. The number of halogens is 1. The number of esters is 1. The third-order valence-corrected chi connectivity index (χ3v) is 9.39. The Morgan fingerprint density at radius 2 is 1.89 bits per heavy atom. The van der Waals surface area contributed by atoms with E-state index in [1.807, 2.05) is 12.2 Å². The maximum Gasteiger partial charge on any atom is 0.410 e. The van der Waals surface area contributed by atoms with Crippen molar-refractivity contribution in [2.24, 2.45) is 17.3 Å². The van der Waals surface area contributed by atoms with Crippen molar-refractivity contribution in [1.29, 1.82) is 0 Å². The van der Waals surface area contributed by atoms with E-state index < -0.39 is 64.6 Å². The molecular formula is C34H43FN2O8. The van der Waals surface area contributed by atoms with E-state index in [1.54, 1.807) is 32.9 Å². The fraction of sp³-hybridized carbons (Fsp3) is 0.618. The second-order valence-corrected chi connectivity index (χ2v) is 14.0. The summed E-state index contributed by atoms with van der Waals surface area (Å²) < 4.78 is 25.6. The molecule has 1 aliphatic carbocycles. The number of nitrogens with zero attached hydrogens (tertiary/aromatic N) is 2. The summed E-state index contributed by atoms with van der Waals surface area (Å²) in [6, 6.07) is 3.67. The number of rotatable bonds is 4. The Morgan fingerprint density at radius 1 is 1.11 bits per heavy atom. The van der Waals surface area contributed by atoms with Gasteiger partial charge in [0, 0.05) is 30.9 Å². The number of amides is 2. The van der Waals surface area contributed by atoms with Crippen LogP contribution in [-0.2, 0) is 41.7 Å². The Labute approximate surface area is 262 Å². The molecular weight excluding hydrogens is 583 g/mol. The summed E-state index contributed by atoms with van der Waals surface area (Å²) in [5.41, 5.74) is -0.843. The number of hydrogen-bond acceptors (Lipinski definition) is 7. The lowest BCUT2D eigenvalue weighted by molar-refractivity contribution is -0.159. The van der Waals surface area contributed by atoms with Crippen LogP contribution in [0, 0.1) is 23.1 Å². The van der Waals surface area contributed by atoms with Gasteiger partial charge in [0.15, 0.2) is 5.78 Å². The lowest BCUT2D eigenvalue weighted by atomic mass is 9.91. The molecule has 0 radical (unpaired) electrons. The number of aliphatic carboxylic acids is 1. The van der Waals surface area contributed by atoms with Crippen LogP contribution in [0.2, 0.25) is 0 Å². The van der Waals surface area contributed by atoms with Crippen molar-refractivity contribution in [3.8, 4) is 0 Å². The van der Waals surface area contributed by atoms with Gasteiger partial charge < -0.3 is 19.5 Å². The first-order chi connectivity index (χ1) is 21.3. The third-order valence-electron chi connectivity index (χ3n) is 9.39. The minimum absolute atomic E-state index is 0.0147. The van der Waals surface area contributed by atoms with Crippen molar-refractivity contribution in [2.75, 3.05) is 6.54 Å². The summed E-state index contributed by atoms with van der Waals surface area (Å²) in [5.74, 6) is -3.78. The van der Waals surface area contributed by atoms with Crippen LogP contribution in [0.4, 0.5) is 9.18 Å². The molecule has 1 aromatic rings. The number of benzene rings is 1. The quantitative estimate of drug-likeness (QED) is 0.358. The van der Waals surface area contributed by atoms with Gasteiger partial charge in [-0.25, -0.2) is 9.18 Å². The minimum atomic E-state index is -1.22. The first-order valence-corrected chi connectivity index (χ1v) is 15.9. The minimum Gasteiger partial charge on any atom is -0.481 e. The lowest BCUT2D eigenvalue weighted by Crippen LogP contribution is -2.45. The summed E-state index contributed by atoms with van der Waals surface area (Å²) in [6.45, 7) is 5.42. The van der Waals surface area contributed by atoms with Crippen molar-refractivity contribution < 1.29 is 42.9 Å². The second-order valence-electron chi connectivity index (χ2n) is 14.0. The SMILES string of the molecule is CC(C)(C)OC(=O)C[C@H]1CCCCC/C=C\[C@@H]2C[C@@]2(C(=O)O)CC(=O)[C@@H]2C[C@@H](OC(=O)N3Cc4cccc(F)c4C3)CN2C1=O. The number of fused-ring (bicyclic) bond motifs is 3. The van der Waals surface area contributed by atoms with Crippen LogP contribution in [0.15, 0.2) is 30.4 Å². The molecule has 1 N–H and O–H groups in total. The van der Waals surface area contributed by atoms with Crippen LogP contribution in [-0.4, -0.2) is 68.9 Å². The molecule has 1 saturated heterocycles. The number of carbonyl (C=O) groups is 5. The summed E-state index contributed by atoms with van der Waals surface area (Å²) in [7, 11) is 0. The average molecular weight is 627 g/mol. The molecule has 5 atom stereocenters. The van der Waals surface area contributed by atoms with Gasteiger partial charge in [0.2, 0.25) is 5.91 Å². The highest BCUT2D eigenvalue weighted by atomic mass is 19.1. The van der Waals surface area contributed by atoms with Gasteiger partial charge in [0.25, 0.3) is 0 Å². The molecule has 2 fully saturated rings. The molecule has 5 rings (SSSR count). The molecule has 0 unspecified atom stereocenters. The first-order valence-electron chi connectivity index (χ1n) is 15.9. The number of ketones is 1. The van der Waals surface area contributed by atoms with Crippen LogP contribution < -0.4 is 0 Å². The van der Waals surface area contributed by atoms with Gasteiger partial charge >= 0.3 is 18.0 Å². The topological polar surface area (TPSA) is 131 Å². The fourth-order valence-corrected chi connectivity index (χ4v) is 6.92. The zero-order valence-electron chi connectivity index (χ0n) is 26.3. The van der Waals surface area contributed by atoms with Crippen molar-refractivity contribution >= 4 is 29.7 Å². The van der Waals surface area contributed by atoms with Gasteiger partial charge in [-0.05, 0) is 64.0 Å². The maximum atomic E-state index is 14.3. The van der Waals surface area contributed by atoms with Gasteiger partial charge in [0.05, 0.1) is 31.0 Å². The van der Waals surface area contributed by atoms with E-state index in [0.717, 1.165) is 19.3 Å². The second kappa shape index (κ2) is 12.9. The van der Waals surface area contributed by atoms with E-state index in [4.69, 9.17) is 9.47 Å². The molecule has 45 heavy (non-hydrogen) atoms. The van der Waals surface area contributed by atoms with Gasteiger partial charge in [-0.3, -0.25) is 24.1 Å². The standard InChI is InChI=1S/C34H43FN2O8/c1-33(2,3)45-29(39)14-21-10-7-5-4-6-8-12-23-16-34(23,31(41)42)17-28(38)27-15-24(19-37(27)30(21)40)44-32(43)36-18-22-11-9-13-26(35)25(22)20-36/h8-9,11-13,21,23-24,27H,4-7,10,14-20H2,1-3H3,(H,41,42)/b12-8-/t21-,23-,24-,27+,34-/m1/s1. The van der Waals surface area contributed by atoms with E-state index in [0.29, 0.717) is 30.4 Å².